The summed E-state index contributed by atoms with van der Waals surface area (Å²) >= 11 is 5.76. The molecule has 0 radical (unpaired) electrons. The topological polar surface area (TPSA) is 60.0 Å². The van der Waals surface area contributed by atoms with Crippen molar-refractivity contribution in [2.75, 3.05) is 5.32 Å². The van der Waals surface area contributed by atoms with Gasteiger partial charge in [-0.2, -0.15) is 0 Å². The molecule has 122 valence electrons. The summed E-state index contributed by atoms with van der Waals surface area (Å²) in [7, 11) is 1.84. The molecule has 1 heterocycles. The van der Waals surface area contributed by atoms with Gasteiger partial charge in [0.2, 0.25) is 0 Å². The van der Waals surface area contributed by atoms with Crippen LogP contribution in [0.25, 0.3) is 0 Å². The number of benzene rings is 1. The van der Waals surface area contributed by atoms with Crippen LogP contribution in [0, 0.1) is 5.82 Å². The molecule has 0 aliphatic heterocycles. The Bertz CT molecular complexity index is 757. The molecule has 0 saturated carbocycles. The van der Waals surface area contributed by atoms with Gasteiger partial charge in [-0.05, 0) is 48.6 Å². The van der Waals surface area contributed by atoms with Crippen LogP contribution in [0.15, 0.2) is 24.4 Å². The van der Waals surface area contributed by atoms with Crippen LogP contribution in [0.4, 0.5) is 10.1 Å². The van der Waals surface area contributed by atoms with Crippen molar-refractivity contribution >= 4 is 23.2 Å². The average Bonchev–Trinajstić information content (AvgIpc) is 2.74. The minimum absolute atomic E-state index is 0.0180. The lowest BCUT2D eigenvalue weighted by molar-refractivity contribution is 0.101. The molecule has 3 N–H and O–H groups in total. The van der Waals surface area contributed by atoms with Gasteiger partial charge in [0.05, 0.1) is 5.02 Å². The standard InChI is InChI=1S/C17H19ClFN3O/c1-22-9-12-11(4-2-3-5-15(12)20)16(22)17(23)21-10-6-7-14(19)13(18)8-10/h6-9,15H,2-5,20H2,1H3,(H,21,23)/t15-/m1/s1. The van der Waals surface area contributed by atoms with Gasteiger partial charge in [-0.25, -0.2) is 4.39 Å². The van der Waals surface area contributed by atoms with Gasteiger partial charge >= 0.3 is 0 Å². The average molecular weight is 336 g/mol. The van der Waals surface area contributed by atoms with E-state index in [0.717, 1.165) is 36.8 Å². The summed E-state index contributed by atoms with van der Waals surface area (Å²) in [6.07, 6.45) is 5.81. The molecule has 0 fully saturated rings. The van der Waals surface area contributed by atoms with Crippen LogP contribution < -0.4 is 11.1 Å². The summed E-state index contributed by atoms with van der Waals surface area (Å²) in [6.45, 7) is 0. The molecular formula is C17H19ClFN3O. The summed E-state index contributed by atoms with van der Waals surface area (Å²) in [5, 5.41) is 2.77. The third-order valence-corrected chi connectivity index (χ3v) is 4.59. The van der Waals surface area contributed by atoms with E-state index in [1.807, 2.05) is 17.8 Å². The number of aryl methyl sites for hydroxylation is 1. The molecule has 4 nitrogen and oxygen atoms in total. The number of nitrogens with zero attached hydrogens (tertiary/aromatic N) is 1. The highest BCUT2D eigenvalue weighted by atomic mass is 35.5. The van der Waals surface area contributed by atoms with Crippen molar-refractivity contribution in [1.29, 1.82) is 0 Å². The number of rotatable bonds is 2. The van der Waals surface area contributed by atoms with Crippen molar-refractivity contribution in [2.24, 2.45) is 12.8 Å². The van der Waals surface area contributed by atoms with Crippen molar-refractivity contribution in [3.8, 4) is 0 Å². The van der Waals surface area contributed by atoms with Crippen molar-refractivity contribution in [3.63, 3.8) is 0 Å². The Kier molecular flexibility index (Phi) is 4.41. The van der Waals surface area contributed by atoms with Gasteiger partial charge in [0.1, 0.15) is 11.5 Å². The largest absolute Gasteiger partial charge is 0.346 e. The Morgan fingerprint density at radius 2 is 2.22 bits per heavy atom. The number of carbonyl (C=O) groups excluding carboxylic acids is 1. The molecule has 0 spiro atoms. The van der Waals surface area contributed by atoms with Crippen LogP contribution in [-0.2, 0) is 13.5 Å². The number of anilines is 1. The minimum atomic E-state index is -0.511. The number of nitrogens with two attached hydrogens (primary N) is 1. The normalized spacial score (nSPS) is 17.5. The van der Waals surface area contributed by atoms with E-state index in [-0.39, 0.29) is 17.0 Å². The summed E-state index contributed by atoms with van der Waals surface area (Å²) in [5.74, 6) is -0.742. The van der Waals surface area contributed by atoms with E-state index in [0.29, 0.717) is 11.4 Å². The molecule has 1 atom stereocenters. The molecule has 2 aromatic rings. The second-order valence-electron chi connectivity index (χ2n) is 5.96. The Labute approximate surface area is 139 Å². The van der Waals surface area contributed by atoms with Crippen molar-refractivity contribution < 1.29 is 9.18 Å². The number of carbonyl (C=O) groups is 1. The van der Waals surface area contributed by atoms with Crippen LogP contribution in [-0.4, -0.2) is 10.5 Å². The van der Waals surface area contributed by atoms with E-state index in [9.17, 15) is 9.18 Å². The maximum absolute atomic E-state index is 13.2. The van der Waals surface area contributed by atoms with Gasteiger partial charge in [0, 0.05) is 25.0 Å². The first-order chi connectivity index (χ1) is 11.0. The molecule has 1 aromatic carbocycles. The van der Waals surface area contributed by atoms with E-state index in [1.54, 1.807) is 0 Å². The number of hydrogen-bond acceptors (Lipinski definition) is 2. The molecule has 1 amide bonds. The van der Waals surface area contributed by atoms with Gasteiger partial charge in [0.25, 0.3) is 5.91 Å². The summed E-state index contributed by atoms with van der Waals surface area (Å²) in [6, 6.07) is 4.11. The highest BCUT2D eigenvalue weighted by Crippen LogP contribution is 2.31. The van der Waals surface area contributed by atoms with E-state index in [2.05, 4.69) is 5.32 Å². The van der Waals surface area contributed by atoms with E-state index < -0.39 is 5.82 Å². The predicted molar refractivity (Wildman–Crippen MR) is 89.3 cm³/mol. The third-order valence-electron chi connectivity index (χ3n) is 4.30. The second-order valence-corrected chi connectivity index (χ2v) is 6.36. The van der Waals surface area contributed by atoms with Crippen LogP contribution in [0.3, 0.4) is 0 Å². The van der Waals surface area contributed by atoms with Gasteiger partial charge in [-0.3, -0.25) is 4.79 Å². The van der Waals surface area contributed by atoms with Crippen LogP contribution in [0.1, 0.15) is 46.9 Å². The first kappa shape index (κ1) is 16.0. The molecule has 1 aliphatic carbocycles. The fourth-order valence-electron chi connectivity index (χ4n) is 3.17. The maximum Gasteiger partial charge on any atom is 0.272 e. The molecule has 0 bridgehead atoms. The van der Waals surface area contributed by atoms with Crippen LogP contribution in [0.5, 0.6) is 0 Å². The Balaban J connectivity index is 1.92. The summed E-state index contributed by atoms with van der Waals surface area (Å²) < 4.78 is 15.0. The van der Waals surface area contributed by atoms with Gasteiger partial charge in [-0.1, -0.05) is 18.0 Å². The van der Waals surface area contributed by atoms with Gasteiger partial charge in [0.15, 0.2) is 0 Å². The zero-order chi connectivity index (χ0) is 16.6. The smallest absolute Gasteiger partial charge is 0.272 e. The Morgan fingerprint density at radius 1 is 1.43 bits per heavy atom. The molecule has 0 unspecified atom stereocenters. The quantitative estimate of drug-likeness (QED) is 0.820. The minimum Gasteiger partial charge on any atom is -0.346 e. The molecular weight excluding hydrogens is 317 g/mol. The SMILES string of the molecule is Cn1cc2c(c1C(=O)Nc1ccc(F)c(Cl)c1)CCCC[C@H]2N. The third kappa shape index (κ3) is 3.12. The molecule has 3 rings (SSSR count). The van der Waals surface area contributed by atoms with E-state index in [1.165, 1.54) is 18.2 Å². The number of fused-ring (bicyclic) bond motifs is 1. The lowest BCUT2D eigenvalue weighted by Crippen LogP contribution is -2.17. The molecule has 6 heteroatoms. The fourth-order valence-corrected chi connectivity index (χ4v) is 3.35. The second kappa shape index (κ2) is 6.34. The van der Waals surface area contributed by atoms with Gasteiger partial charge < -0.3 is 15.6 Å². The first-order valence-electron chi connectivity index (χ1n) is 7.67. The molecule has 1 aliphatic rings. The number of nitrogens with one attached hydrogen (secondary N) is 1. The van der Waals surface area contributed by atoms with E-state index in [4.69, 9.17) is 17.3 Å². The maximum atomic E-state index is 13.2. The highest BCUT2D eigenvalue weighted by molar-refractivity contribution is 6.31. The number of hydrogen-bond donors (Lipinski definition) is 2. The van der Waals surface area contributed by atoms with Crippen LogP contribution in [0.2, 0.25) is 5.02 Å². The lowest BCUT2D eigenvalue weighted by Gasteiger charge is -2.10. The molecule has 0 saturated heterocycles. The first-order valence-corrected chi connectivity index (χ1v) is 8.05. The van der Waals surface area contributed by atoms with E-state index >= 15 is 0 Å². The van der Waals surface area contributed by atoms with Crippen molar-refractivity contribution in [2.45, 2.75) is 31.7 Å². The molecule has 23 heavy (non-hydrogen) atoms. The monoisotopic (exact) mass is 335 g/mol. The molecule has 1 aromatic heterocycles. The number of halogens is 2. The Hall–Kier alpha value is -1.85. The fraction of sp³-hybridized carbons (Fsp3) is 0.353. The summed E-state index contributed by atoms with van der Waals surface area (Å²) in [4.78, 5) is 12.7. The highest BCUT2D eigenvalue weighted by Gasteiger charge is 2.25. The van der Waals surface area contributed by atoms with Crippen molar-refractivity contribution in [1.82, 2.24) is 4.57 Å². The Morgan fingerprint density at radius 3 is 2.96 bits per heavy atom. The zero-order valence-corrected chi connectivity index (χ0v) is 13.7. The zero-order valence-electron chi connectivity index (χ0n) is 12.9. The summed E-state index contributed by atoms with van der Waals surface area (Å²) in [5.41, 5.74) is 9.35. The number of aromatic nitrogens is 1. The number of amides is 1. The predicted octanol–water partition coefficient (Wildman–Crippen LogP) is 3.80. The lowest BCUT2D eigenvalue weighted by atomic mass is 10.0. The van der Waals surface area contributed by atoms with Crippen molar-refractivity contribution in [3.05, 3.63) is 52.1 Å². The van der Waals surface area contributed by atoms with Gasteiger partial charge in [-0.15, -0.1) is 0 Å². The van der Waals surface area contributed by atoms with Crippen LogP contribution >= 0.6 is 11.6 Å².